The molecular weight excluding hydrogens is 280 g/mol. The van der Waals surface area contributed by atoms with Crippen LogP contribution in [0.3, 0.4) is 0 Å². The van der Waals surface area contributed by atoms with Gasteiger partial charge in [0.05, 0.1) is 5.69 Å². The van der Waals surface area contributed by atoms with Crippen molar-refractivity contribution in [3.05, 3.63) is 45.4 Å². The van der Waals surface area contributed by atoms with Gasteiger partial charge >= 0.3 is 0 Å². The lowest BCUT2D eigenvalue weighted by molar-refractivity contribution is 0.303. The molecule has 0 aliphatic carbocycles. The first-order chi connectivity index (χ1) is 9.79. The maximum absolute atomic E-state index is 6.09. The van der Waals surface area contributed by atoms with Gasteiger partial charge in [0, 0.05) is 16.3 Å². The van der Waals surface area contributed by atoms with E-state index in [-0.39, 0.29) is 11.5 Å². The summed E-state index contributed by atoms with van der Waals surface area (Å²) in [6, 6.07) is 8.03. The highest BCUT2D eigenvalue weighted by Crippen LogP contribution is 2.33. The molecule has 0 aliphatic heterocycles. The van der Waals surface area contributed by atoms with Gasteiger partial charge in [0.25, 0.3) is 0 Å². The largest absolute Gasteiger partial charge is 0.486 e. The number of hydrogen-bond acceptors (Lipinski definition) is 4. The molecule has 4 heteroatoms. The van der Waals surface area contributed by atoms with E-state index in [4.69, 9.17) is 15.5 Å². The van der Waals surface area contributed by atoms with Crippen molar-refractivity contribution in [2.45, 2.75) is 52.7 Å². The van der Waals surface area contributed by atoms with Gasteiger partial charge in [0.2, 0.25) is 0 Å². The highest BCUT2D eigenvalue weighted by atomic mass is 32.1. The van der Waals surface area contributed by atoms with Gasteiger partial charge in [-0.05, 0) is 25.5 Å². The number of rotatable bonds is 4. The third kappa shape index (κ3) is 3.83. The van der Waals surface area contributed by atoms with Crippen LogP contribution >= 0.6 is 11.3 Å². The van der Waals surface area contributed by atoms with Gasteiger partial charge in [0.15, 0.2) is 0 Å². The molecule has 114 valence electrons. The van der Waals surface area contributed by atoms with Gasteiger partial charge in [0.1, 0.15) is 17.4 Å². The Morgan fingerprint density at radius 1 is 1.29 bits per heavy atom. The van der Waals surface area contributed by atoms with Crippen LogP contribution < -0.4 is 10.5 Å². The summed E-state index contributed by atoms with van der Waals surface area (Å²) < 4.78 is 5.89. The number of ether oxygens (including phenoxy) is 1. The summed E-state index contributed by atoms with van der Waals surface area (Å²) >= 11 is 1.66. The number of hydrogen-bond donors (Lipinski definition) is 1. The Balaban J connectivity index is 2.20. The van der Waals surface area contributed by atoms with Crippen LogP contribution in [-0.2, 0) is 12.0 Å². The molecule has 0 saturated carbocycles. The second-order valence-corrected chi connectivity index (χ2v) is 7.53. The number of aryl methyl sites for hydroxylation is 1. The van der Waals surface area contributed by atoms with Crippen molar-refractivity contribution in [2.24, 2.45) is 5.73 Å². The maximum Gasteiger partial charge on any atom is 0.140 e. The number of nitrogens with zero attached hydrogens (tertiary/aromatic N) is 1. The normalized spacial score (nSPS) is 13.2. The molecule has 1 heterocycles. The molecule has 0 aliphatic rings. The van der Waals surface area contributed by atoms with Crippen LogP contribution in [0.4, 0.5) is 0 Å². The molecule has 0 spiro atoms. The fourth-order valence-corrected chi connectivity index (χ4v) is 3.29. The van der Waals surface area contributed by atoms with E-state index >= 15 is 0 Å². The Morgan fingerprint density at radius 2 is 1.95 bits per heavy atom. The molecule has 1 aromatic carbocycles. The molecule has 0 radical (unpaired) electrons. The number of benzene rings is 1. The molecule has 0 bridgehead atoms. The smallest absolute Gasteiger partial charge is 0.140 e. The van der Waals surface area contributed by atoms with Gasteiger partial charge in [-0.1, -0.05) is 39.0 Å². The molecule has 3 nitrogen and oxygen atoms in total. The lowest BCUT2D eigenvalue weighted by atomic mass is 9.90. The fourth-order valence-electron chi connectivity index (χ4n) is 2.14. The van der Waals surface area contributed by atoms with Crippen LogP contribution in [-0.4, -0.2) is 4.98 Å². The average Bonchev–Trinajstić information content (AvgIpc) is 2.82. The lowest BCUT2D eigenvalue weighted by Gasteiger charge is -2.18. The van der Waals surface area contributed by atoms with Crippen molar-refractivity contribution in [1.82, 2.24) is 4.98 Å². The Bertz CT molecular complexity index is 611. The Morgan fingerprint density at radius 3 is 2.48 bits per heavy atom. The third-order valence-corrected chi connectivity index (χ3v) is 4.50. The van der Waals surface area contributed by atoms with E-state index in [1.54, 1.807) is 11.3 Å². The van der Waals surface area contributed by atoms with Crippen molar-refractivity contribution >= 4 is 11.3 Å². The molecule has 0 saturated heterocycles. The summed E-state index contributed by atoms with van der Waals surface area (Å²) in [5.41, 5.74) is 8.31. The fraction of sp³-hybridized carbons (Fsp3) is 0.471. The standard InChI is InChI=1S/C17H24N2OS/c1-11-8-6-7-9-13(11)20-10-14-19-16(17(3,4)5)15(21-14)12(2)18/h6-9,12H,10,18H2,1-5H3. The minimum absolute atomic E-state index is 0.000374. The van der Waals surface area contributed by atoms with E-state index in [9.17, 15) is 0 Å². The summed E-state index contributed by atoms with van der Waals surface area (Å²) in [5.74, 6) is 0.910. The number of para-hydroxylation sites is 1. The van der Waals surface area contributed by atoms with E-state index < -0.39 is 0 Å². The van der Waals surface area contributed by atoms with Crippen molar-refractivity contribution in [3.63, 3.8) is 0 Å². The summed E-state index contributed by atoms with van der Waals surface area (Å²) in [7, 11) is 0. The quantitative estimate of drug-likeness (QED) is 0.913. The molecule has 21 heavy (non-hydrogen) atoms. The molecule has 0 amide bonds. The predicted molar refractivity (Wildman–Crippen MR) is 88.9 cm³/mol. The summed E-state index contributed by atoms with van der Waals surface area (Å²) in [6.07, 6.45) is 0. The first-order valence-electron chi connectivity index (χ1n) is 7.23. The zero-order chi connectivity index (χ0) is 15.6. The first-order valence-corrected chi connectivity index (χ1v) is 8.05. The molecule has 1 aromatic heterocycles. The molecule has 0 fully saturated rings. The number of nitrogens with two attached hydrogens (primary N) is 1. The molecule has 1 unspecified atom stereocenters. The first kappa shape index (κ1) is 16.0. The van der Waals surface area contributed by atoms with Crippen molar-refractivity contribution < 1.29 is 4.74 Å². The monoisotopic (exact) mass is 304 g/mol. The summed E-state index contributed by atoms with van der Waals surface area (Å²) in [4.78, 5) is 5.92. The van der Waals surface area contributed by atoms with Crippen LogP contribution in [0, 0.1) is 6.92 Å². The Kier molecular flexibility index (Phi) is 4.69. The second-order valence-electron chi connectivity index (χ2n) is 6.41. The zero-order valence-corrected chi connectivity index (χ0v) is 14.3. The van der Waals surface area contributed by atoms with E-state index in [0.717, 1.165) is 26.9 Å². The van der Waals surface area contributed by atoms with Gasteiger partial charge < -0.3 is 10.5 Å². The highest BCUT2D eigenvalue weighted by molar-refractivity contribution is 7.11. The highest BCUT2D eigenvalue weighted by Gasteiger charge is 2.25. The van der Waals surface area contributed by atoms with E-state index in [0.29, 0.717) is 6.61 Å². The van der Waals surface area contributed by atoms with E-state index in [1.807, 2.05) is 38.1 Å². The van der Waals surface area contributed by atoms with Crippen LogP contribution in [0.15, 0.2) is 24.3 Å². The van der Waals surface area contributed by atoms with Gasteiger partial charge in [-0.3, -0.25) is 0 Å². The van der Waals surface area contributed by atoms with Crippen LogP contribution in [0.5, 0.6) is 5.75 Å². The molecule has 2 N–H and O–H groups in total. The van der Waals surface area contributed by atoms with Gasteiger partial charge in [-0.25, -0.2) is 4.98 Å². The third-order valence-electron chi connectivity index (χ3n) is 3.27. The summed E-state index contributed by atoms with van der Waals surface area (Å²) in [6.45, 7) is 11.0. The Hall–Kier alpha value is -1.39. The zero-order valence-electron chi connectivity index (χ0n) is 13.4. The van der Waals surface area contributed by atoms with Crippen molar-refractivity contribution in [3.8, 4) is 5.75 Å². The number of thiazole rings is 1. The molecule has 2 rings (SSSR count). The molecular formula is C17H24N2OS. The second kappa shape index (κ2) is 6.16. The topological polar surface area (TPSA) is 48.1 Å². The van der Waals surface area contributed by atoms with Crippen molar-refractivity contribution in [2.75, 3.05) is 0 Å². The van der Waals surface area contributed by atoms with Crippen LogP contribution in [0.25, 0.3) is 0 Å². The van der Waals surface area contributed by atoms with Crippen molar-refractivity contribution in [1.29, 1.82) is 0 Å². The maximum atomic E-state index is 6.09. The van der Waals surface area contributed by atoms with Gasteiger partial charge in [-0.15, -0.1) is 11.3 Å². The minimum atomic E-state index is 0.000374. The van der Waals surface area contributed by atoms with E-state index in [1.165, 1.54) is 0 Å². The predicted octanol–water partition coefficient (Wildman–Crippen LogP) is 4.35. The Labute approximate surface area is 131 Å². The summed E-state index contributed by atoms with van der Waals surface area (Å²) in [5, 5.41) is 0.982. The molecule has 2 aromatic rings. The minimum Gasteiger partial charge on any atom is -0.486 e. The molecule has 1 atom stereocenters. The van der Waals surface area contributed by atoms with Gasteiger partial charge in [-0.2, -0.15) is 0 Å². The average molecular weight is 304 g/mol. The SMILES string of the molecule is Cc1ccccc1OCc1nc(C(C)(C)C)c(C(C)N)s1. The van der Waals surface area contributed by atoms with E-state index in [2.05, 4.69) is 20.8 Å². The lowest BCUT2D eigenvalue weighted by Crippen LogP contribution is -2.17. The van der Waals surface area contributed by atoms with Crippen LogP contribution in [0.2, 0.25) is 0 Å². The van der Waals surface area contributed by atoms with Crippen LogP contribution in [0.1, 0.15) is 54.9 Å². The number of aromatic nitrogens is 1.